The standard InChI is InChI=1S/C26H32N4O3/c1-3-11-28-24(27)17-30(25(32)10-9-20-15-22(20)13-18(2)31)16-19-6-4-7-21(14-19)23-8-5-12-29-26(23)33/h3-8,12,14-15,22,24,28,31H,1-2,9-11,13,16-17,27H2,(H,29,33)/t22-,24-/m0/s1. The molecule has 0 fully saturated rings. The van der Waals surface area contributed by atoms with E-state index < -0.39 is 6.17 Å². The maximum Gasteiger partial charge on any atom is 0.255 e. The van der Waals surface area contributed by atoms with Gasteiger partial charge in [-0.1, -0.05) is 42.5 Å². The van der Waals surface area contributed by atoms with Gasteiger partial charge in [-0.3, -0.25) is 14.9 Å². The number of nitrogens with two attached hydrogens (primary N) is 1. The van der Waals surface area contributed by atoms with Crippen molar-refractivity contribution in [1.29, 1.82) is 0 Å². The number of rotatable bonds is 13. The van der Waals surface area contributed by atoms with E-state index in [1.807, 2.05) is 24.3 Å². The zero-order chi connectivity index (χ0) is 23.8. The van der Waals surface area contributed by atoms with Gasteiger partial charge in [-0.2, -0.15) is 0 Å². The molecule has 1 aliphatic carbocycles. The van der Waals surface area contributed by atoms with Crippen molar-refractivity contribution in [3.8, 4) is 11.1 Å². The van der Waals surface area contributed by atoms with Crippen molar-refractivity contribution in [2.45, 2.75) is 32.0 Å². The highest BCUT2D eigenvalue weighted by Crippen LogP contribution is 2.37. The highest BCUT2D eigenvalue weighted by atomic mass is 16.3. The van der Waals surface area contributed by atoms with Gasteiger partial charge in [-0.15, -0.1) is 6.58 Å². The van der Waals surface area contributed by atoms with Crippen LogP contribution in [0, 0.1) is 5.92 Å². The molecule has 1 aromatic heterocycles. The Morgan fingerprint density at radius 3 is 2.88 bits per heavy atom. The van der Waals surface area contributed by atoms with Gasteiger partial charge in [0, 0.05) is 50.2 Å². The number of nitrogens with zero attached hydrogens (tertiary/aromatic N) is 1. The predicted molar refractivity (Wildman–Crippen MR) is 131 cm³/mol. The molecule has 0 spiro atoms. The maximum absolute atomic E-state index is 13.1. The molecule has 1 heterocycles. The van der Waals surface area contributed by atoms with Crippen LogP contribution in [0.2, 0.25) is 0 Å². The monoisotopic (exact) mass is 448 g/mol. The Kier molecular flexibility index (Phi) is 8.40. The molecule has 3 rings (SSSR count). The lowest BCUT2D eigenvalue weighted by atomic mass is 10.0. The second kappa shape index (κ2) is 11.4. The molecule has 0 saturated carbocycles. The van der Waals surface area contributed by atoms with Crippen LogP contribution in [0.15, 0.2) is 84.0 Å². The number of nitrogens with one attached hydrogen (secondary N) is 2. The van der Waals surface area contributed by atoms with Gasteiger partial charge in [0.25, 0.3) is 5.56 Å². The van der Waals surface area contributed by atoms with Crippen LogP contribution >= 0.6 is 0 Å². The van der Waals surface area contributed by atoms with Crippen LogP contribution in [-0.2, 0) is 11.3 Å². The van der Waals surface area contributed by atoms with Gasteiger partial charge in [0.05, 0.1) is 11.9 Å². The molecule has 0 unspecified atom stereocenters. The Morgan fingerprint density at radius 2 is 2.15 bits per heavy atom. The van der Waals surface area contributed by atoms with Gasteiger partial charge in [0.15, 0.2) is 0 Å². The molecule has 2 atom stereocenters. The highest BCUT2D eigenvalue weighted by molar-refractivity contribution is 5.77. The first-order chi connectivity index (χ1) is 15.9. The summed E-state index contributed by atoms with van der Waals surface area (Å²) in [5.74, 6) is 0.389. The average Bonchev–Trinajstić information content (AvgIpc) is 3.53. The van der Waals surface area contributed by atoms with Crippen molar-refractivity contribution >= 4 is 5.91 Å². The molecule has 1 amide bonds. The third-order valence-electron chi connectivity index (χ3n) is 5.59. The van der Waals surface area contributed by atoms with Crippen LogP contribution in [0.4, 0.5) is 0 Å². The van der Waals surface area contributed by atoms with Crippen molar-refractivity contribution in [2.75, 3.05) is 13.1 Å². The van der Waals surface area contributed by atoms with Gasteiger partial charge in [0.2, 0.25) is 5.91 Å². The third kappa shape index (κ3) is 7.30. The minimum Gasteiger partial charge on any atom is -0.513 e. The number of H-pyrrole nitrogens is 1. The molecule has 1 aromatic carbocycles. The van der Waals surface area contributed by atoms with E-state index in [9.17, 15) is 14.7 Å². The fraction of sp³-hybridized carbons (Fsp3) is 0.308. The maximum atomic E-state index is 13.1. The van der Waals surface area contributed by atoms with E-state index in [0.29, 0.717) is 44.5 Å². The first-order valence-electron chi connectivity index (χ1n) is 11.1. The quantitative estimate of drug-likeness (QED) is 0.214. The molecule has 0 saturated heterocycles. The minimum absolute atomic E-state index is 0.00295. The predicted octanol–water partition coefficient (Wildman–Crippen LogP) is 3.23. The van der Waals surface area contributed by atoms with Crippen LogP contribution in [0.1, 0.15) is 24.8 Å². The van der Waals surface area contributed by atoms with Crippen LogP contribution in [0.25, 0.3) is 11.1 Å². The number of carbonyl (C=O) groups is 1. The van der Waals surface area contributed by atoms with Gasteiger partial charge in [0.1, 0.15) is 0 Å². The summed E-state index contributed by atoms with van der Waals surface area (Å²) in [6.45, 7) is 8.50. The van der Waals surface area contributed by atoms with E-state index in [1.54, 1.807) is 29.3 Å². The lowest BCUT2D eigenvalue weighted by Crippen LogP contribution is -2.48. The normalized spacial score (nSPS) is 15.4. The molecule has 0 radical (unpaired) electrons. The van der Waals surface area contributed by atoms with E-state index in [-0.39, 0.29) is 23.1 Å². The number of aliphatic hydroxyl groups excluding tert-OH is 1. The summed E-state index contributed by atoms with van der Waals surface area (Å²) in [4.78, 5) is 29.7. The Labute approximate surface area is 194 Å². The topological polar surface area (TPSA) is 111 Å². The average molecular weight is 449 g/mol. The highest BCUT2D eigenvalue weighted by Gasteiger charge is 2.26. The molecule has 0 bridgehead atoms. The summed E-state index contributed by atoms with van der Waals surface area (Å²) in [7, 11) is 0. The third-order valence-corrected chi connectivity index (χ3v) is 5.59. The summed E-state index contributed by atoms with van der Waals surface area (Å²) < 4.78 is 0. The Balaban J connectivity index is 1.69. The summed E-state index contributed by atoms with van der Waals surface area (Å²) >= 11 is 0. The van der Waals surface area contributed by atoms with E-state index in [4.69, 9.17) is 5.73 Å². The number of carbonyl (C=O) groups excluding carboxylic acids is 1. The van der Waals surface area contributed by atoms with Crippen LogP contribution in [0.5, 0.6) is 0 Å². The number of benzene rings is 1. The summed E-state index contributed by atoms with van der Waals surface area (Å²) in [6.07, 6.45) is 6.55. The van der Waals surface area contributed by atoms with Gasteiger partial charge < -0.3 is 20.7 Å². The number of aliphatic hydroxyl groups is 1. The molecule has 0 aliphatic heterocycles. The van der Waals surface area contributed by atoms with E-state index in [0.717, 1.165) is 11.1 Å². The minimum atomic E-state index is -0.391. The van der Waals surface area contributed by atoms with Crippen LogP contribution in [0.3, 0.4) is 0 Å². The van der Waals surface area contributed by atoms with Crippen LogP contribution < -0.4 is 16.6 Å². The molecule has 1 aliphatic rings. The molecule has 174 valence electrons. The summed E-state index contributed by atoms with van der Waals surface area (Å²) in [6, 6.07) is 11.2. The van der Waals surface area contributed by atoms with Gasteiger partial charge in [-0.05, 0) is 35.7 Å². The molecular weight excluding hydrogens is 416 g/mol. The number of aromatic nitrogens is 1. The fourth-order valence-corrected chi connectivity index (χ4v) is 3.83. The second-order valence-electron chi connectivity index (χ2n) is 8.31. The fourth-order valence-electron chi connectivity index (χ4n) is 3.83. The lowest BCUT2D eigenvalue weighted by molar-refractivity contribution is -0.132. The van der Waals surface area contributed by atoms with E-state index in [2.05, 4.69) is 29.5 Å². The van der Waals surface area contributed by atoms with Crippen molar-refractivity contribution in [3.63, 3.8) is 0 Å². The summed E-state index contributed by atoms with van der Waals surface area (Å²) in [5.41, 5.74) is 9.51. The van der Waals surface area contributed by atoms with Crippen molar-refractivity contribution in [3.05, 3.63) is 95.2 Å². The van der Waals surface area contributed by atoms with E-state index in [1.165, 1.54) is 5.57 Å². The van der Waals surface area contributed by atoms with Crippen molar-refractivity contribution < 1.29 is 9.90 Å². The Bertz CT molecular complexity index is 1090. The van der Waals surface area contributed by atoms with Crippen molar-refractivity contribution in [2.24, 2.45) is 11.7 Å². The number of allylic oxidation sites excluding steroid dienone is 3. The van der Waals surface area contributed by atoms with Gasteiger partial charge in [-0.25, -0.2) is 0 Å². The van der Waals surface area contributed by atoms with E-state index >= 15 is 0 Å². The zero-order valence-electron chi connectivity index (χ0n) is 18.8. The molecule has 7 nitrogen and oxygen atoms in total. The van der Waals surface area contributed by atoms with Crippen LogP contribution in [-0.4, -0.2) is 40.2 Å². The first-order valence-corrected chi connectivity index (χ1v) is 11.1. The SMILES string of the molecule is C=CCN[C@H](N)CN(Cc1cccc(-c2ccc[nH]c2=O)c1)C(=O)CCC1=C[C@@H]1CC(=C)O. The summed E-state index contributed by atoms with van der Waals surface area (Å²) in [5, 5.41) is 12.5. The smallest absolute Gasteiger partial charge is 0.255 e. The second-order valence-corrected chi connectivity index (χ2v) is 8.31. The molecule has 5 N–H and O–H groups in total. The first kappa shape index (κ1) is 24.2. The molecular formula is C26H32N4O3. The number of hydrogen-bond acceptors (Lipinski definition) is 5. The number of amides is 1. The molecule has 7 heteroatoms. The zero-order valence-corrected chi connectivity index (χ0v) is 18.8. The lowest BCUT2D eigenvalue weighted by Gasteiger charge is -2.27. The van der Waals surface area contributed by atoms with Gasteiger partial charge >= 0.3 is 0 Å². The number of pyridine rings is 1. The number of hydrogen-bond donors (Lipinski definition) is 4. The Morgan fingerprint density at radius 1 is 1.33 bits per heavy atom. The molecule has 2 aromatic rings. The Hall–Kier alpha value is -3.42. The number of aromatic amines is 1. The molecule has 33 heavy (non-hydrogen) atoms. The van der Waals surface area contributed by atoms with Crippen molar-refractivity contribution in [1.82, 2.24) is 15.2 Å². The largest absolute Gasteiger partial charge is 0.513 e.